The number of hydrogen-bond donors (Lipinski definition) is 2. The van der Waals surface area contributed by atoms with E-state index in [0.717, 1.165) is 23.1 Å². The van der Waals surface area contributed by atoms with Crippen molar-refractivity contribution in [3.8, 4) is 11.6 Å². The SMILES string of the molecule is CSNC(=O)c1c2c(nn1-c1ccc(C)cn1)CC(CCc1cccc(OCC(F)(F)F)c1)NC2=O. The molecule has 3 heterocycles. The van der Waals surface area contributed by atoms with Gasteiger partial charge in [-0.1, -0.05) is 30.1 Å². The number of nitrogens with one attached hydrogen (secondary N) is 2. The van der Waals surface area contributed by atoms with Gasteiger partial charge in [0.15, 0.2) is 12.4 Å². The van der Waals surface area contributed by atoms with Crippen LogP contribution >= 0.6 is 11.9 Å². The molecule has 1 unspecified atom stereocenters. The minimum absolute atomic E-state index is 0.112. The van der Waals surface area contributed by atoms with E-state index >= 15 is 0 Å². The van der Waals surface area contributed by atoms with E-state index in [1.54, 1.807) is 36.7 Å². The number of benzene rings is 1. The number of nitrogens with zero attached hydrogens (tertiary/aromatic N) is 3. The zero-order chi connectivity index (χ0) is 25.9. The number of hydrogen-bond acceptors (Lipinski definition) is 6. The summed E-state index contributed by atoms with van der Waals surface area (Å²) in [6.45, 7) is 0.533. The maximum absolute atomic E-state index is 13.1. The second-order valence-electron chi connectivity index (χ2n) is 8.38. The van der Waals surface area contributed by atoms with Crippen LogP contribution in [0.2, 0.25) is 0 Å². The van der Waals surface area contributed by atoms with E-state index in [-0.39, 0.29) is 23.0 Å². The van der Waals surface area contributed by atoms with Crippen LogP contribution in [0.3, 0.4) is 0 Å². The summed E-state index contributed by atoms with van der Waals surface area (Å²) in [6.07, 6.45) is 0.364. The second-order valence-corrected chi connectivity index (χ2v) is 8.99. The highest BCUT2D eigenvalue weighted by atomic mass is 32.2. The normalized spacial score (nSPS) is 15.2. The molecule has 0 radical (unpaired) electrons. The largest absolute Gasteiger partial charge is 0.484 e. The zero-order valence-electron chi connectivity index (χ0n) is 19.6. The molecular formula is C24H24F3N5O3S. The molecule has 0 saturated carbocycles. The lowest BCUT2D eigenvalue weighted by molar-refractivity contribution is -0.153. The first-order valence-corrected chi connectivity index (χ1v) is 12.3. The molecule has 2 amide bonds. The first kappa shape index (κ1) is 25.5. The zero-order valence-corrected chi connectivity index (χ0v) is 20.4. The lowest BCUT2D eigenvalue weighted by Crippen LogP contribution is -2.42. The molecule has 3 aromatic rings. The van der Waals surface area contributed by atoms with Gasteiger partial charge < -0.3 is 10.1 Å². The van der Waals surface area contributed by atoms with E-state index in [1.807, 2.05) is 13.0 Å². The number of carbonyl (C=O) groups is 2. The Morgan fingerprint density at radius 1 is 1.31 bits per heavy atom. The third-order valence-corrected chi connectivity index (χ3v) is 5.95. The molecule has 12 heteroatoms. The lowest BCUT2D eigenvalue weighted by Gasteiger charge is -2.23. The predicted molar refractivity (Wildman–Crippen MR) is 128 cm³/mol. The van der Waals surface area contributed by atoms with E-state index in [9.17, 15) is 22.8 Å². The van der Waals surface area contributed by atoms with Crippen LogP contribution in [0.1, 0.15) is 44.1 Å². The van der Waals surface area contributed by atoms with Crippen LogP contribution in [-0.4, -0.2) is 51.7 Å². The van der Waals surface area contributed by atoms with Gasteiger partial charge in [0.1, 0.15) is 11.4 Å². The van der Waals surface area contributed by atoms with E-state index in [1.165, 1.54) is 10.7 Å². The van der Waals surface area contributed by atoms with Crippen LogP contribution in [0, 0.1) is 6.92 Å². The average molecular weight is 520 g/mol. The van der Waals surface area contributed by atoms with Gasteiger partial charge in [-0.05, 0) is 49.1 Å². The van der Waals surface area contributed by atoms with Crippen molar-refractivity contribution in [2.75, 3.05) is 12.9 Å². The second kappa shape index (κ2) is 10.6. The van der Waals surface area contributed by atoms with Crippen LogP contribution in [0.15, 0.2) is 42.6 Å². The summed E-state index contributed by atoms with van der Waals surface area (Å²) in [5.74, 6) is -0.314. The third-order valence-electron chi connectivity index (χ3n) is 5.56. The Bertz CT molecular complexity index is 1260. The van der Waals surface area contributed by atoms with Gasteiger partial charge in [0.2, 0.25) is 0 Å². The molecule has 36 heavy (non-hydrogen) atoms. The summed E-state index contributed by atoms with van der Waals surface area (Å²) in [6, 6.07) is 9.75. The number of fused-ring (bicyclic) bond motifs is 1. The fourth-order valence-corrected chi connectivity index (χ4v) is 4.24. The van der Waals surface area contributed by atoms with Crippen molar-refractivity contribution < 1.29 is 27.5 Å². The molecule has 0 saturated heterocycles. The molecule has 2 aromatic heterocycles. The van der Waals surface area contributed by atoms with Crippen molar-refractivity contribution in [2.45, 2.75) is 38.4 Å². The Hall–Kier alpha value is -3.54. The van der Waals surface area contributed by atoms with Crippen LogP contribution in [-0.2, 0) is 12.8 Å². The van der Waals surface area contributed by atoms with Gasteiger partial charge in [0, 0.05) is 24.9 Å². The van der Waals surface area contributed by atoms with Crippen LogP contribution in [0.25, 0.3) is 5.82 Å². The fourth-order valence-electron chi connectivity index (χ4n) is 3.96. The number of alkyl halides is 3. The maximum Gasteiger partial charge on any atom is 0.422 e. The number of aryl methyl sites for hydroxylation is 2. The van der Waals surface area contributed by atoms with Gasteiger partial charge in [0.25, 0.3) is 11.8 Å². The quantitative estimate of drug-likeness (QED) is 0.440. The van der Waals surface area contributed by atoms with Crippen molar-refractivity contribution in [3.63, 3.8) is 0 Å². The molecule has 0 spiro atoms. The lowest BCUT2D eigenvalue weighted by atomic mass is 9.95. The Balaban J connectivity index is 1.53. The highest BCUT2D eigenvalue weighted by Crippen LogP contribution is 2.26. The Morgan fingerprint density at radius 2 is 2.11 bits per heavy atom. The van der Waals surface area contributed by atoms with E-state index in [0.29, 0.717) is 30.8 Å². The molecular weight excluding hydrogens is 495 g/mol. The van der Waals surface area contributed by atoms with Gasteiger partial charge in [-0.15, -0.1) is 0 Å². The van der Waals surface area contributed by atoms with E-state index < -0.39 is 24.6 Å². The van der Waals surface area contributed by atoms with E-state index in [4.69, 9.17) is 4.74 Å². The van der Waals surface area contributed by atoms with Crippen LogP contribution in [0.5, 0.6) is 5.75 Å². The molecule has 1 atom stereocenters. The summed E-state index contributed by atoms with van der Waals surface area (Å²) < 4.78 is 46.2. The van der Waals surface area contributed by atoms with Crippen LogP contribution in [0.4, 0.5) is 13.2 Å². The molecule has 0 aliphatic carbocycles. The number of halogens is 3. The smallest absolute Gasteiger partial charge is 0.422 e. The molecule has 1 aromatic carbocycles. The first-order valence-electron chi connectivity index (χ1n) is 11.1. The number of ether oxygens (including phenoxy) is 1. The number of aromatic nitrogens is 3. The number of rotatable bonds is 8. The summed E-state index contributed by atoms with van der Waals surface area (Å²) in [5.41, 5.74) is 2.53. The van der Waals surface area contributed by atoms with Crippen molar-refractivity contribution in [3.05, 3.63) is 70.7 Å². The molecule has 2 N–H and O–H groups in total. The summed E-state index contributed by atoms with van der Waals surface area (Å²) in [5, 5.41) is 7.50. The molecule has 190 valence electrons. The van der Waals surface area contributed by atoms with Gasteiger partial charge in [-0.25, -0.2) is 9.67 Å². The minimum atomic E-state index is -4.41. The van der Waals surface area contributed by atoms with Crippen molar-refractivity contribution in [1.82, 2.24) is 24.8 Å². The first-order chi connectivity index (χ1) is 17.1. The number of pyridine rings is 1. The number of carbonyl (C=O) groups excluding carboxylic acids is 2. The number of amides is 2. The Morgan fingerprint density at radius 3 is 2.81 bits per heavy atom. The maximum atomic E-state index is 13.1. The minimum Gasteiger partial charge on any atom is -0.484 e. The molecule has 1 aliphatic heterocycles. The molecule has 1 aliphatic rings. The topological polar surface area (TPSA) is 98.1 Å². The Kier molecular flexibility index (Phi) is 7.53. The van der Waals surface area contributed by atoms with Gasteiger partial charge in [-0.2, -0.15) is 18.3 Å². The van der Waals surface area contributed by atoms with Gasteiger partial charge in [0.05, 0.1) is 11.3 Å². The predicted octanol–water partition coefficient (Wildman–Crippen LogP) is 3.81. The summed E-state index contributed by atoms with van der Waals surface area (Å²) >= 11 is 1.11. The van der Waals surface area contributed by atoms with Crippen molar-refractivity contribution >= 4 is 23.8 Å². The van der Waals surface area contributed by atoms with E-state index in [2.05, 4.69) is 20.1 Å². The van der Waals surface area contributed by atoms with Crippen LogP contribution < -0.4 is 14.8 Å². The van der Waals surface area contributed by atoms with Crippen molar-refractivity contribution in [1.29, 1.82) is 0 Å². The Labute approximate surface area is 209 Å². The summed E-state index contributed by atoms with van der Waals surface area (Å²) in [7, 11) is 0. The highest BCUT2D eigenvalue weighted by molar-refractivity contribution is 7.97. The van der Waals surface area contributed by atoms with Gasteiger partial charge >= 0.3 is 6.18 Å². The molecule has 8 nitrogen and oxygen atoms in total. The summed E-state index contributed by atoms with van der Waals surface area (Å²) in [4.78, 5) is 30.3. The fraction of sp³-hybridized carbons (Fsp3) is 0.333. The standard InChI is InChI=1S/C24H24F3N5O3S/c1-14-6-9-19(28-12-14)32-21(23(34)31-36-2)20-18(30-32)11-16(29-22(20)33)8-7-15-4-3-5-17(10-15)35-13-24(25,26)27/h3-6,9-10,12,16H,7-8,11,13H2,1-2H3,(H,29,33)(H,31,34). The molecule has 4 rings (SSSR count). The highest BCUT2D eigenvalue weighted by Gasteiger charge is 2.35. The monoisotopic (exact) mass is 519 g/mol. The third kappa shape index (κ3) is 5.99. The average Bonchev–Trinajstić information content (AvgIpc) is 3.22. The molecule has 0 bridgehead atoms. The van der Waals surface area contributed by atoms with Crippen molar-refractivity contribution in [2.24, 2.45) is 0 Å². The molecule has 0 fully saturated rings. The van der Waals surface area contributed by atoms with Gasteiger partial charge in [-0.3, -0.25) is 14.3 Å².